The predicted octanol–water partition coefficient (Wildman–Crippen LogP) is 4.02. The van der Waals surface area contributed by atoms with Crippen LogP contribution in [-0.2, 0) is 6.18 Å². The van der Waals surface area contributed by atoms with E-state index in [1.807, 2.05) is 0 Å². The van der Waals surface area contributed by atoms with Crippen LogP contribution in [0.25, 0.3) is 0 Å². The molecule has 2 aromatic carbocycles. The summed E-state index contributed by atoms with van der Waals surface area (Å²) in [5, 5.41) is 2.94. The average Bonchev–Trinajstić information content (AvgIpc) is 2.48. The molecule has 0 fully saturated rings. The van der Waals surface area contributed by atoms with Crippen molar-refractivity contribution < 1.29 is 17.9 Å². The molecule has 21 heavy (non-hydrogen) atoms. The van der Waals surface area contributed by atoms with Gasteiger partial charge in [0.2, 0.25) is 0 Å². The van der Waals surface area contributed by atoms with Crippen molar-refractivity contribution in [2.75, 3.05) is 14.2 Å². The number of benzene rings is 2. The Hall–Kier alpha value is -2.01. The normalized spacial score (nSPS) is 13.0. The first kappa shape index (κ1) is 15.4. The second-order valence-corrected chi connectivity index (χ2v) is 4.58. The molecule has 0 amide bonds. The fourth-order valence-electron chi connectivity index (χ4n) is 2.33. The zero-order valence-electron chi connectivity index (χ0n) is 11.7. The van der Waals surface area contributed by atoms with Crippen LogP contribution in [-0.4, -0.2) is 14.2 Å². The fraction of sp³-hybridized carbons (Fsp3) is 0.250. The third-order valence-corrected chi connectivity index (χ3v) is 3.29. The summed E-state index contributed by atoms with van der Waals surface area (Å²) in [7, 11) is 3.16. The quantitative estimate of drug-likeness (QED) is 0.919. The van der Waals surface area contributed by atoms with E-state index in [9.17, 15) is 13.2 Å². The number of hydrogen-bond donors (Lipinski definition) is 1. The first-order chi connectivity index (χ1) is 9.97. The molecule has 0 bridgehead atoms. The summed E-state index contributed by atoms with van der Waals surface area (Å²) in [5.74, 6) is 0.609. The molecule has 0 spiro atoms. The van der Waals surface area contributed by atoms with Crippen molar-refractivity contribution in [3.8, 4) is 5.75 Å². The first-order valence-corrected chi connectivity index (χ1v) is 6.44. The summed E-state index contributed by atoms with van der Waals surface area (Å²) in [4.78, 5) is 0. The third-order valence-electron chi connectivity index (χ3n) is 3.29. The minimum Gasteiger partial charge on any atom is -0.497 e. The number of methoxy groups -OCH3 is 1. The average molecular weight is 295 g/mol. The summed E-state index contributed by atoms with van der Waals surface area (Å²) in [6.07, 6.45) is -4.38. The molecule has 0 aliphatic rings. The molecule has 0 saturated heterocycles. The fourth-order valence-corrected chi connectivity index (χ4v) is 2.33. The number of halogens is 3. The maximum atomic E-state index is 13.2. The second kappa shape index (κ2) is 6.18. The van der Waals surface area contributed by atoms with Crippen LogP contribution in [0.2, 0.25) is 0 Å². The van der Waals surface area contributed by atoms with Gasteiger partial charge in [0.25, 0.3) is 0 Å². The van der Waals surface area contributed by atoms with Crippen LogP contribution < -0.4 is 10.1 Å². The molecule has 0 heterocycles. The zero-order chi connectivity index (χ0) is 15.5. The Morgan fingerprint density at radius 1 is 1.05 bits per heavy atom. The molecular formula is C16H16F3NO. The molecule has 2 aromatic rings. The SMILES string of the molecule is CNC(c1cccc(OC)c1)c1ccccc1C(F)(F)F. The molecule has 1 unspecified atom stereocenters. The molecule has 0 aliphatic carbocycles. The molecule has 112 valence electrons. The van der Waals surface area contributed by atoms with Crippen molar-refractivity contribution in [3.63, 3.8) is 0 Å². The largest absolute Gasteiger partial charge is 0.497 e. The van der Waals surface area contributed by atoms with E-state index >= 15 is 0 Å². The zero-order valence-corrected chi connectivity index (χ0v) is 11.7. The summed E-state index contributed by atoms with van der Waals surface area (Å²) in [5.41, 5.74) is 0.279. The monoisotopic (exact) mass is 295 g/mol. The van der Waals surface area contributed by atoms with Crippen LogP contribution in [0.1, 0.15) is 22.7 Å². The van der Waals surface area contributed by atoms with E-state index in [4.69, 9.17) is 4.74 Å². The van der Waals surface area contributed by atoms with Gasteiger partial charge in [0.15, 0.2) is 0 Å². The summed E-state index contributed by atoms with van der Waals surface area (Å²) in [6.45, 7) is 0. The maximum Gasteiger partial charge on any atom is 0.416 e. The van der Waals surface area contributed by atoms with Crippen LogP contribution in [0.4, 0.5) is 13.2 Å². The van der Waals surface area contributed by atoms with Gasteiger partial charge in [-0.15, -0.1) is 0 Å². The highest BCUT2D eigenvalue weighted by molar-refractivity contribution is 5.41. The van der Waals surface area contributed by atoms with E-state index in [1.165, 1.54) is 19.2 Å². The first-order valence-electron chi connectivity index (χ1n) is 6.44. The lowest BCUT2D eigenvalue weighted by molar-refractivity contribution is -0.138. The molecule has 2 rings (SSSR count). The maximum absolute atomic E-state index is 13.2. The molecule has 2 nitrogen and oxygen atoms in total. The highest BCUT2D eigenvalue weighted by Gasteiger charge is 2.35. The molecule has 0 aliphatic heterocycles. The van der Waals surface area contributed by atoms with Gasteiger partial charge in [0.05, 0.1) is 18.7 Å². The molecule has 1 N–H and O–H groups in total. The van der Waals surface area contributed by atoms with Crippen molar-refractivity contribution in [1.82, 2.24) is 5.32 Å². The number of hydrogen-bond acceptors (Lipinski definition) is 2. The molecule has 5 heteroatoms. The lowest BCUT2D eigenvalue weighted by Crippen LogP contribution is -2.22. The van der Waals surface area contributed by atoms with Crippen molar-refractivity contribution in [2.24, 2.45) is 0 Å². The lowest BCUT2D eigenvalue weighted by atomic mass is 9.94. The van der Waals surface area contributed by atoms with Crippen molar-refractivity contribution in [1.29, 1.82) is 0 Å². The molecule has 0 saturated carbocycles. The highest BCUT2D eigenvalue weighted by Crippen LogP contribution is 2.36. The smallest absolute Gasteiger partial charge is 0.416 e. The second-order valence-electron chi connectivity index (χ2n) is 4.58. The van der Waals surface area contributed by atoms with Crippen LogP contribution in [0.3, 0.4) is 0 Å². The van der Waals surface area contributed by atoms with Gasteiger partial charge in [-0.2, -0.15) is 13.2 Å². The number of rotatable bonds is 4. The standard InChI is InChI=1S/C16H16F3NO/c1-20-15(11-6-5-7-12(10-11)21-2)13-8-3-4-9-14(13)16(17,18)19/h3-10,15,20H,1-2H3. The van der Waals surface area contributed by atoms with Gasteiger partial charge in [-0.05, 0) is 36.4 Å². The van der Waals surface area contributed by atoms with Gasteiger partial charge in [-0.3, -0.25) is 0 Å². The third kappa shape index (κ3) is 3.36. The topological polar surface area (TPSA) is 21.3 Å². The Kier molecular flexibility index (Phi) is 4.53. The van der Waals surface area contributed by atoms with Crippen LogP contribution in [0.15, 0.2) is 48.5 Å². The van der Waals surface area contributed by atoms with Gasteiger partial charge >= 0.3 is 6.18 Å². The van der Waals surface area contributed by atoms with E-state index in [0.29, 0.717) is 11.3 Å². The molecular weight excluding hydrogens is 279 g/mol. The number of ether oxygens (including phenoxy) is 1. The minimum atomic E-state index is -4.38. The minimum absolute atomic E-state index is 0.195. The van der Waals surface area contributed by atoms with Gasteiger partial charge in [0, 0.05) is 0 Å². The summed E-state index contributed by atoms with van der Waals surface area (Å²) < 4.78 is 44.6. The van der Waals surface area contributed by atoms with E-state index in [2.05, 4.69) is 5.32 Å². The summed E-state index contributed by atoms with van der Waals surface area (Å²) in [6, 6.07) is 12.0. The van der Waals surface area contributed by atoms with Crippen LogP contribution >= 0.6 is 0 Å². The van der Waals surface area contributed by atoms with Crippen molar-refractivity contribution in [2.45, 2.75) is 12.2 Å². The van der Waals surface area contributed by atoms with Gasteiger partial charge in [-0.25, -0.2) is 0 Å². The van der Waals surface area contributed by atoms with Crippen LogP contribution in [0, 0.1) is 0 Å². The summed E-state index contributed by atoms with van der Waals surface area (Å²) >= 11 is 0. The van der Waals surface area contributed by atoms with Gasteiger partial charge < -0.3 is 10.1 Å². The Morgan fingerprint density at radius 2 is 1.76 bits per heavy atom. The molecule has 0 radical (unpaired) electrons. The Morgan fingerprint density at radius 3 is 2.38 bits per heavy atom. The van der Waals surface area contributed by atoms with Crippen molar-refractivity contribution >= 4 is 0 Å². The Balaban J connectivity index is 2.51. The molecule has 0 aromatic heterocycles. The van der Waals surface area contributed by atoms with E-state index < -0.39 is 17.8 Å². The van der Waals surface area contributed by atoms with Crippen molar-refractivity contribution in [3.05, 3.63) is 65.2 Å². The number of nitrogens with one attached hydrogen (secondary N) is 1. The van der Waals surface area contributed by atoms with E-state index in [-0.39, 0.29) is 5.56 Å². The predicted molar refractivity (Wildman–Crippen MR) is 75.3 cm³/mol. The van der Waals surface area contributed by atoms with Crippen LogP contribution in [0.5, 0.6) is 5.75 Å². The Bertz CT molecular complexity index is 610. The van der Waals surface area contributed by atoms with E-state index in [0.717, 1.165) is 6.07 Å². The lowest BCUT2D eigenvalue weighted by Gasteiger charge is -2.22. The highest BCUT2D eigenvalue weighted by atomic mass is 19.4. The molecule has 1 atom stereocenters. The van der Waals surface area contributed by atoms with Gasteiger partial charge in [0.1, 0.15) is 5.75 Å². The van der Waals surface area contributed by atoms with Gasteiger partial charge in [-0.1, -0.05) is 30.3 Å². The number of alkyl halides is 3. The Labute approximate surface area is 121 Å². The van der Waals surface area contributed by atoms with E-state index in [1.54, 1.807) is 37.4 Å².